The van der Waals surface area contributed by atoms with E-state index >= 15 is 0 Å². The van der Waals surface area contributed by atoms with Gasteiger partial charge in [0.1, 0.15) is 17.7 Å². The van der Waals surface area contributed by atoms with Crippen molar-refractivity contribution in [3.05, 3.63) is 29.6 Å². The summed E-state index contributed by atoms with van der Waals surface area (Å²) in [6.45, 7) is 9.45. The maximum Gasteiger partial charge on any atom is 0.126 e. The maximum atomic E-state index is 13.4. The summed E-state index contributed by atoms with van der Waals surface area (Å²) in [7, 11) is 0. The van der Waals surface area contributed by atoms with Crippen LogP contribution in [-0.4, -0.2) is 18.7 Å². The zero-order chi connectivity index (χ0) is 15.4. The van der Waals surface area contributed by atoms with Crippen LogP contribution in [0.3, 0.4) is 0 Å². The average molecular weight is 293 g/mol. The molecule has 1 aliphatic rings. The van der Waals surface area contributed by atoms with E-state index in [-0.39, 0.29) is 11.9 Å². The molecule has 0 spiro atoms. The number of aryl methyl sites for hydroxylation is 1. The topological polar surface area (TPSA) is 21.3 Å². The summed E-state index contributed by atoms with van der Waals surface area (Å²) in [6.07, 6.45) is 3.67. The quantitative estimate of drug-likeness (QED) is 0.873. The fourth-order valence-electron chi connectivity index (χ4n) is 3.26. The zero-order valence-corrected chi connectivity index (χ0v) is 13.7. The van der Waals surface area contributed by atoms with Crippen molar-refractivity contribution in [2.45, 2.75) is 59.1 Å². The number of likely N-dealkylation sites (N-methyl/N-ethyl adjacent to an activating group) is 1. The molecule has 0 radical (unpaired) electrons. The lowest BCUT2D eigenvalue weighted by molar-refractivity contribution is 0.0724. The van der Waals surface area contributed by atoms with Gasteiger partial charge in [0.05, 0.1) is 0 Å². The third kappa shape index (κ3) is 4.19. The molecule has 0 amide bonds. The van der Waals surface area contributed by atoms with Gasteiger partial charge in [0.15, 0.2) is 0 Å². The largest absolute Gasteiger partial charge is 0.489 e. The van der Waals surface area contributed by atoms with E-state index in [1.165, 1.54) is 12.5 Å². The molecule has 2 rings (SSSR count). The molecule has 1 aromatic carbocycles. The SMILES string of the molecule is CCNC1CCC(C(C)C)CC1Oc1ccc(F)c(C)c1. The first-order valence-corrected chi connectivity index (χ1v) is 8.17. The third-order valence-corrected chi connectivity index (χ3v) is 4.66. The molecule has 0 aromatic heterocycles. The van der Waals surface area contributed by atoms with Gasteiger partial charge in [-0.05, 0) is 68.3 Å². The van der Waals surface area contributed by atoms with Gasteiger partial charge in [0.2, 0.25) is 0 Å². The highest BCUT2D eigenvalue weighted by Crippen LogP contribution is 2.33. The van der Waals surface area contributed by atoms with Gasteiger partial charge < -0.3 is 10.1 Å². The Morgan fingerprint density at radius 1 is 1.33 bits per heavy atom. The normalized spacial score (nSPS) is 26.1. The first kappa shape index (κ1) is 16.3. The smallest absolute Gasteiger partial charge is 0.126 e. The summed E-state index contributed by atoms with van der Waals surface area (Å²) in [6, 6.07) is 5.44. The van der Waals surface area contributed by atoms with Gasteiger partial charge in [-0.15, -0.1) is 0 Å². The number of benzene rings is 1. The molecule has 1 saturated carbocycles. The minimum atomic E-state index is -0.172. The highest BCUT2D eigenvalue weighted by molar-refractivity contribution is 5.29. The summed E-state index contributed by atoms with van der Waals surface area (Å²) >= 11 is 0. The molecule has 0 aliphatic heterocycles. The predicted molar refractivity (Wildman–Crippen MR) is 85.2 cm³/mol. The first-order valence-electron chi connectivity index (χ1n) is 8.17. The molecule has 1 fully saturated rings. The molecule has 3 heteroatoms. The Balaban J connectivity index is 2.09. The van der Waals surface area contributed by atoms with Crippen LogP contribution in [0.25, 0.3) is 0 Å². The number of rotatable bonds is 5. The lowest BCUT2D eigenvalue weighted by Crippen LogP contribution is -2.47. The third-order valence-electron chi connectivity index (χ3n) is 4.66. The number of hydrogen-bond acceptors (Lipinski definition) is 2. The van der Waals surface area contributed by atoms with E-state index in [9.17, 15) is 4.39 Å². The predicted octanol–water partition coefficient (Wildman–Crippen LogP) is 4.32. The van der Waals surface area contributed by atoms with Gasteiger partial charge in [-0.2, -0.15) is 0 Å². The molecule has 0 saturated heterocycles. The average Bonchev–Trinajstić information content (AvgIpc) is 2.45. The molecular formula is C18H28FNO. The van der Waals surface area contributed by atoms with Crippen molar-refractivity contribution in [1.29, 1.82) is 0 Å². The second-order valence-corrected chi connectivity index (χ2v) is 6.55. The maximum absolute atomic E-state index is 13.4. The fourth-order valence-corrected chi connectivity index (χ4v) is 3.26. The number of halogens is 1. The molecule has 2 nitrogen and oxygen atoms in total. The molecule has 3 atom stereocenters. The molecule has 118 valence electrons. The van der Waals surface area contributed by atoms with E-state index in [2.05, 4.69) is 26.1 Å². The highest BCUT2D eigenvalue weighted by atomic mass is 19.1. The lowest BCUT2D eigenvalue weighted by atomic mass is 9.78. The second kappa shape index (κ2) is 7.26. The van der Waals surface area contributed by atoms with Gasteiger partial charge in [-0.3, -0.25) is 0 Å². The van der Waals surface area contributed by atoms with E-state index in [0.29, 0.717) is 23.4 Å². The van der Waals surface area contributed by atoms with Crippen molar-refractivity contribution in [2.75, 3.05) is 6.54 Å². The number of hydrogen-bond donors (Lipinski definition) is 1. The minimum absolute atomic E-state index is 0.172. The summed E-state index contributed by atoms with van der Waals surface area (Å²) in [5.41, 5.74) is 0.642. The van der Waals surface area contributed by atoms with Crippen LogP contribution in [0.15, 0.2) is 18.2 Å². The van der Waals surface area contributed by atoms with Crippen LogP contribution in [0.4, 0.5) is 4.39 Å². The Kier molecular flexibility index (Phi) is 5.63. The molecule has 1 N–H and O–H groups in total. The van der Waals surface area contributed by atoms with Crippen molar-refractivity contribution >= 4 is 0 Å². The molecule has 21 heavy (non-hydrogen) atoms. The summed E-state index contributed by atoms with van der Waals surface area (Å²) in [4.78, 5) is 0. The van der Waals surface area contributed by atoms with Gasteiger partial charge >= 0.3 is 0 Å². The first-order chi connectivity index (χ1) is 10.0. The van der Waals surface area contributed by atoms with Crippen LogP contribution in [0.1, 0.15) is 45.6 Å². The van der Waals surface area contributed by atoms with Crippen molar-refractivity contribution in [2.24, 2.45) is 11.8 Å². The van der Waals surface area contributed by atoms with Gasteiger partial charge in [0, 0.05) is 6.04 Å². The van der Waals surface area contributed by atoms with Crippen molar-refractivity contribution in [3.63, 3.8) is 0 Å². The summed E-state index contributed by atoms with van der Waals surface area (Å²) in [5.74, 6) is 2.01. The Hall–Kier alpha value is -1.09. The molecule has 0 heterocycles. The van der Waals surface area contributed by atoms with Crippen LogP contribution >= 0.6 is 0 Å². The Morgan fingerprint density at radius 2 is 2.10 bits per heavy atom. The Labute approximate surface area is 128 Å². The van der Waals surface area contributed by atoms with E-state index in [1.54, 1.807) is 19.1 Å². The van der Waals surface area contributed by atoms with E-state index in [0.717, 1.165) is 25.1 Å². The van der Waals surface area contributed by atoms with Crippen molar-refractivity contribution < 1.29 is 9.13 Å². The monoisotopic (exact) mass is 293 g/mol. The van der Waals surface area contributed by atoms with E-state index in [4.69, 9.17) is 4.74 Å². The van der Waals surface area contributed by atoms with Gasteiger partial charge in [-0.25, -0.2) is 4.39 Å². The standard InChI is InChI=1S/C18H28FNO/c1-5-20-17-9-6-14(12(2)3)11-18(17)21-15-7-8-16(19)13(4)10-15/h7-8,10,12,14,17-18,20H,5-6,9,11H2,1-4H3. The van der Waals surface area contributed by atoms with Crippen LogP contribution in [-0.2, 0) is 0 Å². The highest BCUT2D eigenvalue weighted by Gasteiger charge is 2.32. The molecule has 1 aliphatic carbocycles. The van der Waals surface area contributed by atoms with Crippen LogP contribution in [0, 0.1) is 24.6 Å². The number of nitrogens with one attached hydrogen (secondary N) is 1. The molecular weight excluding hydrogens is 265 g/mol. The van der Waals surface area contributed by atoms with E-state index in [1.807, 2.05) is 0 Å². The molecule has 0 bridgehead atoms. The second-order valence-electron chi connectivity index (χ2n) is 6.55. The fraction of sp³-hybridized carbons (Fsp3) is 0.667. The summed E-state index contributed by atoms with van der Waals surface area (Å²) in [5, 5.41) is 3.54. The van der Waals surface area contributed by atoms with Crippen molar-refractivity contribution in [1.82, 2.24) is 5.32 Å². The van der Waals surface area contributed by atoms with Gasteiger partial charge in [-0.1, -0.05) is 20.8 Å². The number of ether oxygens (including phenoxy) is 1. The van der Waals surface area contributed by atoms with Gasteiger partial charge in [0.25, 0.3) is 0 Å². The lowest BCUT2D eigenvalue weighted by Gasteiger charge is -2.38. The van der Waals surface area contributed by atoms with E-state index < -0.39 is 0 Å². The van der Waals surface area contributed by atoms with Crippen LogP contribution in [0.5, 0.6) is 5.75 Å². The summed E-state index contributed by atoms with van der Waals surface area (Å²) < 4.78 is 19.6. The van der Waals surface area contributed by atoms with Crippen LogP contribution in [0.2, 0.25) is 0 Å². The minimum Gasteiger partial charge on any atom is -0.489 e. The molecule has 3 unspecified atom stereocenters. The molecule has 1 aromatic rings. The van der Waals surface area contributed by atoms with Crippen molar-refractivity contribution in [3.8, 4) is 5.75 Å². The Bertz CT molecular complexity index is 461. The van der Waals surface area contributed by atoms with Crippen LogP contribution < -0.4 is 10.1 Å². The zero-order valence-electron chi connectivity index (χ0n) is 13.7. The Morgan fingerprint density at radius 3 is 2.71 bits per heavy atom.